The maximum Gasteiger partial charge on any atom is 0.161 e. The Bertz CT molecular complexity index is 320. The van der Waals surface area contributed by atoms with Crippen molar-refractivity contribution in [1.82, 2.24) is 15.1 Å². The van der Waals surface area contributed by atoms with E-state index in [4.69, 9.17) is 4.74 Å². The molecule has 0 bridgehead atoms. The molecule has 0 fully saturated rings. The number of nitrogens with zero attached hydrogens (tertiary/aromatic N) is 2. The van der Waals surface area contributed by atoms with Gasteiger partial charge in [0.25, 0.3) is 0 Å². The van der Waals surface area contributed by atoms with Crippen molar-refractivity contribution in [2.24, 2.45) is 13.0 Å². The summed E-state index contributed by atoms with van der Waals surface area (Å²) in [4.78, 5) is 0. The highest BCUT2D eigenvalue weighted by molar-refractivity contribution is 5.28. The van der Waals surface area contributed by atoms with Gasteiger partial charge in [0.15, 0.2) is 5.75 Å². The maximum atomic E-state index is 5.35. The fourth-order valence-corrected chi connectivity index (χ4v) is 1.99. The van der Waals surface area contributed by atoms with Gasteiger partial charge in [-0.15, -0.1) is 0 Å². The van der Waals surface area contributed by atoms with Crippen molar-refractivity contribution in [1.29, 1.82) is 0 Å². The molecule has 0 aliphatic rings. The quantitative estimate of drug-likeness (QED) is 0.806. The van der Waals surface area contributed by atoms with Gasteiger partial charge >= 0.3 is 0 Å². The Kier molecular flexibility index (Phi) is 4.80. The Balaban J connectivity index is 2.94. The summed E-state index contributed by atoms with van der Waals surface area (Å²) in [5, 5.41) is 7.74. The van der Waals surface area contributed by atoms with Crippen LogP contribution in [-0.2, 0) is 7.05 Å². The standard InChI is InChI=1S/C12H23N3O/c1-6-13-10(7-9(2)3)12-11(16-5)8-14-15(12)4/h8-10,13H,6-7H2,1-5H3. The Morgan fingerprint density at radius 3 is 2.69 bits per heavy atom. The monoisotopic (exact) mass is 225 g/mol. The van der Waals surface area contributed by atoms with Gasteiger partial charge < -0.3 is 10.1 Å². The zero-order chi connectivity index (χ0) is 12.1. The summed E-state index contributed by atoms with van der Waals surface area (Å²) in [6.45, 7) is 7.53. The molecule has 4 heteroatoms. The molecular weight excluding hydrogens is 202 g/mol. The normalized spacial score (nSPS) is 13.1. The van der Waals surface area contributed by atoms with Crippen molar-refractivity contribution in [3.63, 3.8) is 0 Å². The van der Waals surface area contributed by atoms with E-state index in [1.165, 1.54) is 0 Å². The van der Waals surface area contributed by atoms with Crippen molar-refractivity contribution in [3.8, 4) is 5.75 Å². The van der Waals surface area contributed by atoms with Gasteiger partial charge in [0.05, 0.1) is 25.0 Å². The lowest BCUT2D eigenvalue weighted by Gasteiger charge is -2.21. The van der Waals surface area contributed by atoms with Crippen LogP contribution >= 0.6 is 0 Å². The van der Waals surface area contributed by atoms with Crippen LogP contribution in [0.4, 0.5) is 0 Å². The first-order valence-electron chi connectivity index (χ1n) is 5.89. The summed E-state index contributed by atoms with van der Waals surface area (Å²) in [6, 6.07) is 0.312. The van der Waals surface area contributed by atoms with E-state index in [1.54, 1.807) is 13.3 Å². The number of hydrogen-bond acceptors (Lipinski definition) is 3. The van der Waals surface area contributed by atoms with Crippen LogP contribution in [0.1, 0.15) is 38.9 Å². The van der Waals surface area contributed by atoms with Gasteiger partial charge in [0, 0.05) is 7.05 Å². The molecule has 1 rings (SSSR count). The highest BCUT2D eigenvalue weighted by Crippen LogP contribution is 2.28. The van der Waals surface area contributed by atoms with E-state index in [0.29, 0.717) is 12.0 Å². The molecule has 0 amide bonds. The first-order valence-corrected chi connectivity index (χ1v) is 5.89. The lowest BCUT2D eigenvalue weighted by Crippen LogP contribution is -2.25. The number of aryl methyl sites for hydroxylation is 1. The number of methoxy groups -OCH3 is 1. The molecule has 0 saturated carbocycles. The lowest BCUT2D eigenvalue weighted by molar-refractivity contribution is 0.374. The van der Waals surface area contributed by atoms with Crippen LogP contribution in [-0.4, -0.2) is 23.4 Å². The fourth-order valence-electron chi connectivity index (χ4n) is 1.99. The third-order valence-electron chi connectivity index (χ3n) is 2.66. The molecule has 1 N–H and O–H groups in total. The summed E-state index contributed by atoms with van der Waals surface area (Å²) in [5.74, 6) is 1.51. The van der Waals surface area contributed by atoms with Crippen molar-refractivity contribution in [2.75, 3.05) is 13.7 Å². The molecule has 4 nitrogen and oxygen atoms in total. The molecule has 1 aromatic heterocycles. The minimum atomic E-state index is 0.312. The average molecular weight is 225 g/mol. The maximum absolute atomic E-state index is 5.35. The Morgan fingerprint density at radius 1 is 1.50 bits per heavy atom. The number of ether oxygens (including phenoxy) is 1. The van der Waals surface area contributed by atoms with Crippen molar-refractivity contribution in [2.45, 2.75) is 33.2 Å². The summed E-state index contributed by atoms with van der Waals surface area (Å²) in [7, 11) is 3.65. The van der Waals surface area contributed by atoms with Gasteiger partial charge in [-0.3, -0.25) is 4.68 Å². The molecule has 1 aromatic rings. The van der Waals surface area contributed by atoms with Gasteiger partial charge in [0.2, 0.25) is 0 Å². The number of rotatable bonds is 6. The lowest BCUT2D eigenvalue weighted by atomic mass is 10.0. The molecule has 0 aromatic carbocycles. The highest BCUT2D eigenvalue weighted by Gasteiger charge is 2.20. The van der Waals surface area contributed by atoms with Crippen LogP contribution in [0.25, 0.3) is 0 Å². The van der Waals surface area contributed by atoms with Crippen molar-refractivity contribution in [3.05, 3.63) is 11.9 Å². The molecule has 92 valence electrons. The third-order valence-corrected chi connectivity index (χ3v) is 2.66. The first-order chi connectivity index (χ1) is 7.60. The van der Waals surface area contributed by atoms with E-state index < -0.39 is 0 Å². The minimum absolute atomic E-state index is 0.312. The van der Waals surface area contributed by atoms with Gasteiger partial charge in [0.1, 0.15) is 0 Å². The zero-order valence-electron chi connectivity index (χ0n) is 10.9. The van der Waals surface area contributed by atoms with E-state index in [9.17, 15) is 0 Å². The average Bonchev–Trinajstić information content (AvgIpc) is 2.58. The SMILES string of the molecule is CCNC(CC(C)C)c1c(OC)cnn1C. The molecular formula is C12H23N3O. The molecule has 0 radical (unpaired) electrons. The number of nitrogens with one attached hydrogen (secondary N) is 1. The summed E-state index contributed by atoms with van der Waals surface area (Å²) in [6.07, 6.45) is 2.86. The van der Waals surface area contributed by atoms with Crippen LogP contribution in [0.3, 0.4) is 0 Å². The van der Waals surface area contributed by atoms with Crippen LogP contribution in [0.2, 0.25) is 0 Å². The molecule has 0 aliphatic heterocycles. The van der Waals surface area contributed by atoms with Crippen molar-refractivity contribution >= 4 is 0 Å². The second-order valence-corrected chi connectivity index (χ2v) is 4.46. The largest absolute Gasteiger partial charge is 0.493 e. The second kappa shape index (κ2) is 5.89. The smallest absolute Gasteiger partial charge is 0.161 e. The molecule has 0 saturated heterocycles. The van der Waals surface area contributed by atoms with Gasteiger partial charge in [-0.2, -0.15) is 5.10 Å². The summed E-state index contributed by atoms with van der Waals surface area (Å²) >= 11 is 0. The minimum Gasteiger partial charge on any atom is -0.493 e. The van der Waals surface area contributed by atoms with Crippen molar-refractivity contribution < 1.29 is 4.74 Å². The van der Waals surface area contributed by atoms with E-state index in [-0.39, 0.29) is 0 Å². The molecule has 1 unspecified atom stereocenters. The molecule has 0 aliphatic carbocycles. The van der Waals surface area contributed by atoms with E-state index in [2.05, 4.69) is 31.2 Å². The van der Waals surface area contributed by atoms with E-state index in [1.807, 2.05) is 11.7 Å². The Morgan fingerprint density at radius 2 is 2.19 bits per heavy atom. The Labute approximate surface area is 98.0 Å². The first kappa shape index (κ1) is 13.0. The van der Waals surface area contributed by atoms with Gasteiger partial charge in [-0.05, 0) is 18.9 Å². The van der Waals surface area contributed by atoms with Crippen LogP contribution in [0.15, 0.2) is 6.20 Å². The Hall–Kier alpha value is -1.03. The second-order valence-electron chi connectivity index (χ2n) is 4.46. The van der Waals surface area contributed by atoms with Crippen LogP contribution < -0.4 is 10.1 Å². The van der Waals surface area contributed by atoms with Crippen LogP contribution in [0.5, 0.6) is 5.75 Å². The van der Waals surface area contributed by atoms with Gasteiger partial charge in [-0.1, -0.05) is 20.8 Å². The summed E-state index contributed by atoms with van der Waals surface area (Å²) < 4.78 is 7.25. The number of hydrogen-bond donors (Lipinski definition) is 1. The number of aromatic nitrogens is 2. The van der Waals surface area contributed by atoms with Crippen LogP contribution in [0, 0.1) is 5.92 Å². The van der Waals surface area contributed by atoms with E-state index in [0.717, 1.165) is 24.4 Å². The third kappa shape index (κ3) is 2.98. The topological polar surface area (TPSA) is 39.1 Å². The zero-order valence-corrected chi connectivity index (χ0v) is 10.9. The summed E-state index contributed by atoms with van der Waals surface area (Å²) in [5.41, 5.74) is 1.14. The predicted octanol–water partition coefficient (Wildman–Crippen LogP) is 2.13. The molecule has 16 heavy (non-hydrogen) atoms. The fraction of sp³-hybridized carbons (Fsp3) is 0.750. The van der Waals surface area contributed by atoms with Gasteiger partial charge in [-0.25, -0.2) is 0 Å². The highest BCUT2D eigenvalue weighted by atomic mass is 16.5. The molecule has 0 spiro atoms. The molecule has 1 heterocycles. The predicted molar refractivity (Wildman–Crippen MR) is 65.6 cm³/mol. The van der Waals surface area contributed by atoms with E-state index >= 15 is 0 Å². The molecule has 1 atom stereocenters.